The molecule has 0 amide bonds. The Morgan fingerprint density at radius 1 is 1.47 bits per heavy atom. The molecular weight excluding hydrogens is 211 g/mol. The van der Waals surface area contributed by atoms with Crippen LogP contribution in [-0.4, -0.2) is 9.55 Å². The van der Waals surface area contributed by atoms with E-state index in [1.807, 2.05) is 23.8 Å². The van der Waals surface area contributed by atoms with Crippen molar-refractivity contribution in [3.8, 4) is 0 Å². The van der Waals surface area contributed by atoms with Crippen LogP contribution < -0.4 is 0 Å². The minimum absolute atomic E-state index is 0.216. The van der Waals surface area contributed by atoms with Gasteiger partial charge in [0.15, 0.2) is 4.77 Å². The summed E-state index contributed by atoms with van der Waals surface area (Å²) >= 11 is 5.12. The summed E-state index contributed by atoms with van der Waals surface area (Å²) in [6.45, 7) is 2.57. The highest BCUT2D eigenvalue weighted by Gasteiger charge is 2.01. The summed E-state index contributed by atoms with van der Waals surface area (Å²) in [6, 6.07) is 6.55. The van der Waals surface area contributed by atoms with Gasteiger partial charge >= 0.3 is 0 Å². The smallest absolute Gasteiger partial charge is 0.177 e. The monoisotopic (exact) mass is 222 g/mol. The molecule has 2 nitrogen and oxygen atoms in total. The number of nitrogens with zero attached hydrogens (tertiary/aromatic N) is 1. The van der Waals surface area contributed by atoms with Crippen LogP contribution in [0.3, 0.4) is 0 Å². The average Bonchev–Trinajstić information content (AvgIpc) is 2.50. The van der Waals surface area contributed by atoms with Gasteiger partial charge in [0.25, 0.3) is 0 Å². The summed E-state index contributed by atoms with van der Waals surface area (Å²) < 4.78 is 15.6. The molecule has 0 aliphatic carbocycles. The van der Waals surface area contributed by atoms with Crippen molar-refractivity contribution < 1.29 is 4.39 Å². The number of hydrogen-bond donors (Lipinski definition) is 1. The zero-order valence-corrected chi connectivity index (χ0v) is 9.14. The average molecular weight is 222 g/mol. The highest BCUT2D eigenvalue weighted by Crippen LogP contribution is 2.08. The molecule has 78 valence electrons. The molecule has 0 atom stereocenters. The van der Waals surface area contributed by atoms with Crippen molar-refractivity contribution in [2.24, 2.45) is 0 Å². The molecule has 0 aliphatic rings. The zero-order valence-electron chi connectivity index (χ0n) is 8.33. The van der Waals surface area contributed by atoms with Gasteiger partial charge in [-0.25, -0.2) is 4.39 Å². The predicted molar refractivity (Wildman–Crippen MR) is 59.9 cm³/mol. The lowest BCUT2D eigenvalue weighted by molar-refractivity contribution is 0.622. The van der Waals surface area contributed by atoms with E-state index in [0.29, 0.717) is 11.3 Å². The third-order valence-corrected chi connectivity index (χ3v) is 2.64. The Labute approximate surface area is 92.4 Å². The van der Waals surface area contributed by atoms with Crippen LogP contribution in [0, 0.1) is 17.5 Å². The van der Waals surface area contributed by atoms with Gasteiger partial charge in [-0.2, -0.15) is 0 Å². The normalized spacial score (nSPS) is 10.5. The first-order valence-corrected chi connectivity index (χ1v) is 5.07. The highest BCUT2D eigenvalue weighted by atomic mass is 32.1. The van der Waals surface area contributed by atoms with Gasteiger partial charge in [-0.1, -0.05) is 12.1 Å². The molecule has 0 aliphatic heterocycles. The van der Waals surface area contributed by atoms with Crippen LogP contribution >= 0.6 is 12.2 Å². The first-order valence-electron chi connectivity index (χ1n) is 4.66. The highest BCUT2D eigenvalue weighted by molar-refractivity contribution is 7.71. The number of aromatic nitrogens is 2. The van der Waals surface area contributed by atoms with Crippen LogP contribution in [-0.2, 0) is 6.54 Å². The van der Waals surface area contributed by atoms with E-state index in [-0.39, 0.29) is 5.82 Å². The summed E-state index contributed by atoms with van der Waals surface area (Å²) in [5.74, 6) is -0.216. The Kier molecular flexibility index (Phi) is 2.68. The molecule has 0 radical (unpaired) electrons. The van der Waals surface area contributed by atoms with Crippen LogP contribution in [0.1, 0.15) is 11.3 Å². The lowest BCUT2D eigenvalue weighted by Gasteiger charge is -2.05. The van der Waals surface area contributed by atoms with E-state index >= 15 is 0 Å². The molecule has 1 aromatic heterocycles. The second-order valence-electron chi connectivity index (χ2n) is 3.45. The molecule has 0 unspecified atom stereocenters. The summed E-state index contributed by atoms with van der Waals surface area (Å²) in [7, 11) is 0. The maximum absolute atomic E-state index is 13.0. The number of aromatic amines is 1. The molecule has 2 rings (SSSR count). The predicted octanol–water partition coefficient (Wildman–Crippen LogP) is 3.04. The number of H-pyrrole nitrogens is 1. The third-order valence-electron chi connectivity index (χ3n) is 2.31. The van der Waals surface area contributed by atoms with E-state index in [0.717, 1.165) is 11.3 Å². The molecule has 2 aromatic rings. The van der Waals surface area contributed by atoms with Crippen molar-refractivity contribution >= 4 is 12.2 Å². The number of halogens is 1. The molecular formula is C11H11FN2S. The Bertz CT molecular complexity index is 527. The Morgan fingerprint density at radius 3 is 2.87 bits per heavy atom. The maximum atomic E-state index is 13.0. The maximum Gasteiger partial charge on any atom is 0.177 e. The topological polar surface area (TPSA) is 20.7 Å². The fraction of sp³-hybridized carbons (Fsp3) is 0.182. The van der Waals surface area contributed by atoms with E-state index in [9.17, 15) is 4.39 Å². The number of benzene rings is 1. The van der Waals surface area contributed by atoms with E-state index < -0.39 is 0 Å². The summed E-state index contributed by atoms with van der Waals surface area (Å²) in [6.07, 6.45) is 1.85. The van der Waals surface area contributed by atoms with Gasteiger partial charge in [0.1, 0.15) is 5.82 Å². The van der Waals surface area contributed by atoms with Gasteiger partial charge in [-0.15, -0.1) is 0 Å². The minimum Gasteiger partial charge on any atom is -0.337 e. The first kappa shape index (κ1) is 10.1. The summed E-state index contributed by atoms with van der Waals surface area (Å²) in [5.41, 5.74) is 1.96. The molecule has 15 heavy (non-hydrogen) atoms. The van der Waals surface area contributed by atoms with Crippen molar-refractivity contribution in [1.82, 2.24) is 9.55 Å². The van der Waals surface area contributed by atoms with Crippen molar-refractivity contribution in [2.45, 2.75) is 13.5 Å². The molecule has 0 spiro atoms. The number of hydrogen-bond acceptors (Lipinski definition) is 1. The van der Waals surface area contributed by atoms with Crippen LogP contribution in [0.5, 0.6) is 0 Å². The van der Waals surface area contributed by atoms with E-state index in [2.05, 4.69) is 4.98 Å². The Balaban J connectivity index is 2.33. The second kappa shape index (κ2) is 3.98. The number of rotatable bonds is 2. The zero-order chi connectivity index (χ0) is 10.8. The largest absolute Gasteiger partial charge is 0.337 e. The summed E-state index contributed by atoms with van der Waals surface area (Å²) in [5, 5.41) is 0. The van der Waals surface area contributed by atoms with Crippen LogP contribution in [0.15, 0.2) is 30.5 Å². The molecule has 1 N–H and O–H groups in total. The van der Waals surface area contributed by atoms with E-state index in [4.69, 9.17) is 12.2 Å². The number of nitrogens with one attached hydrogen (secondary N) is 1. The quantitative estimate of drug-likeness (QED) is 0.774. The van der Waals surface area contributed by atoms with Gasteiger partial charge in [0.05, 0.1) is 6.54 Å². The van der Waals surface area contributed by atoms with E-state index in [1.54, 1.807) is 6.07 Å². The molecule has 0 saturated heterocycles. The third kappa shape index (κ3) is 2.15. The van der Waals surface area contributed by atoms with Crippen molar-refractivity contribution in [1.29, 1.82) is 0 Å². The van der Waals surface area contributed by atoms with Gasteiger partial charge in [0.2, 0.25) is 0 Å². The molecule has 0 saturated carbocycles. The molecule has 0 fully saturated rings. The Morgan fingerprint density at radius 2 is 2.27 bits per heavy atom. The van der Waals surface area contributed by atoms with Crippen molar-refractivity contribution in [3.63, 3.8) is 0 Å². The van der Waals surface area contributed by atoms with Crippen LogP contribution in [0.4, 0.5) is 4.39 Å². The van der Waals surface area contributed by atoms with Gasteiger partial charge in [-0.05, 0) is 36.8 Å². The van der Waals surface area contributed by atoms with E-state index in [1.165, 1.54) is 12.1 Å². The first-order chi connectivity index (χ1) is 7.16. The van der Waals surface area contributed by atoms with Crippen LogP contribution in [0.2, 0.25) is 0 Å². The number of aryl methyl sites for hydroxylation is 1. The number of imidazole rings is 1. The van der Waals surface area contributed by atoms with Crippen molar-refractivity contribution in [2.75, 3.05) is 0 Å². The second-order valence-corrected chi connectivity index (χ2v) is 3.84. The van der Waals surface area contributed by atoms with Gasteiger partial charge < -0.3 is 9.55 Å². The standard InChI is InChI=1S/C11H11FN2S/c1-8-6-13-11(15)14(8)7-9-3-2-4-10(12)5-9/h2-6H,7H2,1H3,(H,13,15). The molecule has 1 aromatic carbocycles. The Hall–Kier alpha value is -1.42. The van der Waals surface area contributed by atoms with Crippen molar-refractivity contribution in [3.05, 3.63) is 52.3 Å². The fourth-order valence-corrected chi connectivity index (χ4v) is 1.76. The lowest BCUT2D eigenvalue weighted by Crippen LogP contribution is -2.01. The van der Waals surface area contributed by atoms with Gasteiger partial charge in [0, 0.05) is 11.9 Å². The minimum atomic E-state index is -0.216. The molecule has 4 heteroatoms. The van der Waals surface area contributed by atoms with Gasteiger partial charge in [-0.3, -0.25) is 0 Å². The molecule has 1 heterocycles. The molecule has 0 bridgehead atoms. The lowest BCUT2D eigenvalue weighted by atomic mass is 10.2. The SMILES string of the molecule is Cc1c[nH]c(=S)n1Cc1cccc(F)c1. The summed E-state index contributed by atoms with van der Waals surface area (Å²) in [4.78, 5) is 2.96. The van der Waals surface area contributed by atoms with Crippen LogP contribution in [0.25, 0.3) is 0 Å². The fourth-order valence-electron chi connectivity index (χ4n) is 1.50.